The maximum absolute atomic E-state index is 3.02. The molecule has 0 aromatic heterocycles. The van der Waals surface area contributed by atoms with Gasteiger partial charge in [-0.15, -0.1) is 0 Å². The predicted molar refractivity (Wildman–Crippen MR) is 209 cm³/mol. The van der Waals surface area contributed by atoms with Crippen LogP contribution >= 0.6 is 0 Å². The summed E-state index contributed by atoms with van der Waals surface area (Å²) in [5.74, 6) is 0. The molecule has 0 spiro atoms. The topological polar surface area (TPSA) is 0 Å². The number of halogens is 2. The van der Waals surface area contributed by atoms with Crippen molar-refractivity contribution in [2.75, 3.05) is 0 Å². The molecule has 4 aliphatic rings. The van der Waals surface area contributed by atoms with E-state index in [1.807, 2.05) is 11.1 Å². The summed E-state index contributed by atoms with van der Waals surface area (Å²) in [6.07, 6.45) is 21.1. The molecule has 51 heavy (non-hydrogen) atoms. The third kappa shape index (κ3) is 6.66. The van der Waals surface area contributed by atoms with E-state index in [2.05, 4.69) is 125 Å². The van der Waals surface area contributed by atoms with Crippen molar-refractivity contribution in [3.63, 3.8) is 0 Å². The fraction of sp³-hybridized carbons (Fsp3) is 0.417. The minimum Gasteiger partial charge on any atom is -1.00 e. The molecule has 3 heteroatoms. The van der Waals surface area contributed by atoms with Gasteiger partial charge in [-0.2, -0.15) is 0 Å². The summed E-state index contributed by atoms with van der Waals surface area (Å²) >= 11 is -3.02. The van der Waals surface area contributed by atoms with Crippen molar-refractivity contribution in [3.05, 3.63) is 129 Å². The minimum atomic E-state index is -3.02. The quantitative estimate of drug-likeness (QED) is 0.135. The molecule has 0 bridgehead atoms. The Morgan fingerprint density at radius 1 is 0.490 bits per heavy atom. The van der Waals surface area contributed by atoms with Gasteiger partial charge >= 0.3 is 303 Å². The van der Waals surface area contributed by atoms with Crippen molar-refractivity contribution < 1.29 is 45.1 Å². The average molecular weight is 795 g/mol. The molecule has 4 aromatic rings. The smallest absolute Gasteiger partial charge is 1.00 e. The molecule has 4 aromatic carbocycles. The van der Waals surface area contributed by atoms with Crippen LogP contribution in [0.25, 0.3) is 34.4 Å². The molecule has 8 rings (SSSR count). The van der Waals surface area contributed by atoms with Crippen LogP contribution in [0.5, 0.6) is 0 Å². The first-order valence-corrected chi connectivity index (χ1v) is 25.7. The molecule has 4 atom stereocenters. The standard InChI is InChI=1S/2C21H23.C6H10.2ClH.Zr/c2*1-3-6-16-10-12-18(13-11-16)20-9-5-8-19-14-17(7-4-2)15-21(19)20;1-2-4-6-5-3-1;;;/h2*5,8-15H,3-4,6-7H2,1-2H3;1-2H,3-6H2;2*1H;/q;;;;;+2/p-2. The first-order chi connectivity index (χ1) is 24.1. The summed E-state index contributed by atoms with van der Waals surface area (Å²) < 4.78 is 3.46. The van der Waals surface area contributed by atoms with Crippen LogP contribution in [0.3, 0.4) is 0 Å². The Morgan fingerprint density at radius 2 is 0.882 bits per heavy atom. The Labute approximate surface area is 325 Å². The van der Waals surface area contributed by atoms with Gasteiger partial charge in [0.15, 0.2) is 0 Å². The predicted octanol–water partition coefficient (Wildman–Crippen LogP) is 8.43. The molecular weight excluding hydrogens is 739 g/mol. The second kappa shape index (κ2) is 16.5. The molecule has 0 N–H and O–H groups in total. The van der Waals surface area contributed by atoms with Gasteiger partial charge in [0, 0.05) is 0 Å². The Bertz CT molecular complexity index is 1740. The van der Waals surface area contributed by atoms with Gasteiger partial charge in [0.05, 0.1) is 0 Å². The van der Waals surface area contributed by atoms with Gasteiger partial charge in [-0.05, 0) is 0 Å². The van der Waals surface area contributed by atoms with Gasteiger partial charge < -0.3 is 24.8 Å². The largest absolute Gasteiger partial charge is 1.00 e. The molecule has 0 amide bonds. The maximum Gasteiger partial charge on any atom is -1.00 e. The summed E-state index contributed by atoms with van der Waals surface area (Å²) in [6.45, 7) is 9.40. The van der Waals surface area contributed by atoms with E-state index in [4.69, 9.17) is 0 Å². The van der Waals surface area contributed by atoms with Crippen LogP contribution in [0, 0.1) is 0 Å². The maximum atomic E-state index is 2.73. The fourth-order valence-electron chi connectivity index (χ4n) is 11.1. The van der Waals surface area contributed by atoms with Crippen LogP contribution in [-0.4, -0.2) is 0 Å². The second-order valence-corrected chi connectivity index (χ2v) is 27.2. The van der Waals surface area contributed by atoms with Crippen molar-refractivity contribution in [2.45, 2.75) is 119 Å². The Hall–Kier alpha value is -2.18. The molecule has 0 radical (unpaired) electrons. The number of fused-ring (bicyclic) bond motifs is 3. The SMILES string of the molecule is CCCC1=Cc2c(-c3ccc(CCC)cc3)cccc2[CH]1[Zr+2]1([CH]2C(CCC)=Cc3c(-c4ccc(CCC)cc4)cccc32)[CH]2CCCC[CH]21.[Cl-].[Cl-]. The molecule has 1 heterocycles. The van der Waals surface area contributed by atoms with Crippen molar-refractivity contribution in [1.82, 2.24) is 0 Å². The average Bonchev–Trinajstić information content (AvgIpc) is 3.40. The van der Waals surface area contributed by atoms with Gasteiger partial charge in [-0.1, -0.05) is 0 Å². The van der Waals surface area contributed by atoms with Crippen LogP contribution in [0.2, 0.25) is 7.25 Å². The number of rotatable bonds is 12. The van der Waals surface area contributed by atoms with Crippen molar-refractivity contribution >= 4 is 12.2 Å². The Kier molecular flexibility index (Phi) is 12.4. The number of hydrogen-bond donors (Lipinski definition) is 0. The number of aryl methyl sites for hydroxylation is 2. The molecule has 1 saturated carbocycles. The van der Waals surface area contributed by atoms with E-state index >= 15 is 0 Å². The van der Waals surface area contributed by atoms with Crippen molar-refractivity contribution in [2.24, 2.45) is 0 Å². The minimum absolute atomic E-state index is 0. The second-order valence-electron chi connectivity index (χ2n) is 15.8. The summed E-state index contributed by atoms with van der Waals surface area (Å²) in [5.41, 5.74) is 18.8. The Balaban J connectivity index is 0.00000224. The van der Waals surface area contributed by atoms with Crippen LogP contribution in [0.4, 0.5) is 0 Å². The summed E-state index contributed by atoms with van der Waals surface area (Å²) in [5, 5.41) is 0. The molecule has 266 valence electrons. The van der Waals surface area contributed by atoms with Gasteiger partial charge in [0.25, 0.3) is 0 Å². The van der Waals surface area contributed by atoms with Crippen LogP contribution in [0.15, 0.2) is 96.1 Å². The first kappa shape index (κ1) is 38.5. The van der Waals surface area contributed by atoms with Gasteiger partial charge in [-0.25, -0.2) is 0 Å². The van der Waals surface area contributed by atoms with Gasteiger partial charge in [0.1, 0.15) is 0 Å². The van der Waals surface area contributed by atoms with Gasteiger partial charge in [-0.3, -0.25) is 0 Å². The third-order valence-electron chi connectivity index (χ3n) is 12.9. The molecule has 0 nitrogen and oxygen atoms in total. The van der Waals surface area contributed by atoms with E-state index in [1.165, 1.54) is 97.6 Å². The monoisotopic (exact) mass is 792 g/mol. The molecule has 4 unspecified atom stereocenters. The summed E-state index contributed by atoms with van der Waals surface area (Å²) in [6, 6.07) is 34.0. The number of hydrogen-bond acceptors (Lipinski definition) is 0. The molecule has 3 aliphatic carbocycles. The summed E-state index contributed by atoms with van der Waals surface area (Å²) in [4.78, 5) is 0. The van der Waals surface area contributed by atoms with E-state index in [9.17, 15) is 0 Å². The van der Waals surface area contributed by atoms with Crippen LogP contribution in [-0.2, 0) is 33.1 Å². The van der Waals surface area contributed by atoms with Crippen molar-refractivity contribution in [1.29, 1.82) is 0 Å². The van der Waals surface area contributed by atoms with Gasteiger partial charge in [0.2, 0.25) is 0 Å². The third-order valence-corrected chi connectivity index (χ3v) is 30.0. The first-order valence-electron chi connectivity index (χ1n) is 20.0. The molecular formula is C48H56Cl2Zr. The zero-order valence-corrected chi connectivity index (χ0v) is 35.3. The van der Waals surface area contributed by atoms with Crippen molar-refractivity contribution in [3.8, 4) is 22.3 Å². The normalized spacial score (nSPS) is 22.7. The van der Waals surface area contributed by atoms with Crippen LogP contribution in [0.1, 0.15) is 133 Å². The number of allylic oxidation sites excluding steroid dienone is 2. The van der Waals surface area contributed by atoms with E-state index in [0.29, 0.717) is 7.25 Å². The van der Waals surface area contributed by atoms with E-state index < -0.39 is 20.3 Å². The molecule has 1 saturated heterocycles. The number of benzene rings is 4. The Morgan fingerprint density at radius 3 is 1.25 bits per heavy atom. The van der Waals surface area contributed by atoms with E-state index in [1.54, 1.807) is 22.3 Å². The van der Waals surface area contributed by atoms with E-state index in [0.717, 1.165) is 20.1 Å². The molecule has 2 fully saturated rings. The fourth-order valence-corrected chi connectivity index (χ4v) is 34.3. The van der Waals surface area contributed by atoms with E-state index in [-0.39, 0.29) is 24.8 Å². The zero-order valence-electron chi connectivity index (χ0n) is 31.3. The zero-order chi connectivity index (χ0) is 33.5. The molecule has 1 aliphatic heterocycles. The van der Waals surface area contributed by atoms with Crippen LogP contribution < -0.4 is 24.8 Å². The summed E-state index contributed by atoms with van der Waals surface area (Å²) in [7, 11) is 0.